The van der Waals surface area contributed by atoms with Gasteiger partial charge in [0.15, 0.2) is 10.8 Å². The molecular weight excluding hydrogens is 414 g/mol. The molecule has 30 heavy (non-hydrogen) atoms. The molecule has 6 nitrogen and oxygen atoms in total. The highest BCUT2D eigenvalue weighted by Crippen LogP contribution is 2.35. The largest absolute Gasteiger partial charge is 0.497 e. The number of esters is 1. The van der Waals surface area contributed by atoms with E-state index in [0.29, 0.717) is 16.2 Å². The van der Waals surface area contributed by atoms with Crippen LogP contribution in [0.1, 0.15) is 24.3 Å². The normalized spacial score (nSPS) is 12.5. The fourth-order valence-corrected chi connectivity index (χ4v) is 3.20. The van der Waals surface area contributed by atoms with E-state index < -0.39 is 23.5 Å². The standard InChI is InChI=1S/C21H20F2N2O4S/c1-12(22)7-5-10-16(23)13(2)19(26)25-21-24-17(20(27)29-4)18(30-21)14-8-6-9-15(11-14)28-3/h5-11H,1-4H3,(H,24,25,26)/b10-5-,12-7+,16-13-. The van der Waals surface area contributed by atoms with Crippen molar-refractivity contribution < 1.29 is 27.8 Å². The lowest BCUT2D eigenvalue weighted by Gasteiger charge is -2.03. The second kappa shape index (κ2) is 10.4. The molecule has 2 rings (SSSR count). The van der Waals surface area contributed by atoms with Gasteiger partial charge in [-0.25, -0.2) is 18.6 Å². The Morgan fingerprint density at radius 3 is 2.57 bits per heavy atom. The van der Waals surface area contributed by atoms with E-state index in [1.807, 2.05) is 0 Å². The third kappa shape index (κ3) is 5.84. The number of aromatic nitrogens is 1. The van der Waals surface area contributed by atoms with Crippen LogP contribution in [0.2, 0.25) is 0 Å². The quantitative estimate of drug-likeness (QED) is 0.367. The molecule has 0 spiro atoms. The average Bonchev–Trinajstić information content (AvgIpc) is 3.15. The second-order valence-electron chi connectivity index (χ2n) is 5.96. The van der Waals surface area contributed by atoms with E-state index in [4.69, 9.17) is 9.47 Å². The maximum Gasteiger partial charge on any atom is 0.358 e. The molecule has 0 saturated carbocycles. The summed E-state index contributed by atoms with van der Waals surface area (Å²) < 4.78 is 36.7. The first-order valence-electron chi connectivity index (χ1n) is 8.68. The number of nitrogens with zero attached hydrogens (tertiary/aromatic N) is 1. The van der Waals surface area contributed by atoms with E-state index in [1.165, 1.54) is 28.1 Å². The molecule has 158 valence electrons. The molecule has 0 saturated heterocycles. The number of benzene rings is 1. The number of thiazole rings is 1. The zero-order valence-electron chi connectivity index (χ0n) is 16.8. The zero-order chi connectivity index (χ0) is 22.3. The lowest BCUT2D eigenvalue weighted by atomic mass is 10.1. The van der Waals surface area contributed by atoms with Crippen LogP contribution in [0.15, 0.2) is 59.7 Å². The molecule has 9 heteroatoms. The van der Waals surface area contributed by atoms with Gasteiger partial charge in [-0.3, -0.25) is 10.1 Å². The topological polar surface area (TPSA) is 77.5 Å². The number of carbonyl (C=O) groups excluding carboxylic acids is 2. The number of anilines is 1. The number of hydrogen-bond acceptors (Lipinski definition) is 6. The fraction of sp³-hybridized carbons (Fsp3) is 0.190. The molecule has 0 atom stereocenters. The summed E-state index contributed by atoms with van der Waals surface area (Å²) >= 11 is 1.03. The second-order valence-corrected chi connectivity index (χ2v) is 6.96. The number of amides is 1. The van der Waals surface area contributed by atoms with Gasteiger partial charge < -0.3 is 9.47 Å². The van der Waals surface area contributed by atoms with Gasteiger partial charge in [0.05, 0.1) is 24.9 Å². The first kappa shape index (κ1) is 23.0. The molecule has 2 aromatic rings. The predicted octanol–water partition coefficient (Wildman–Crippen LogP) is 5.22. The van der Waals surface area contributed by atoms with Gasteiger partial charge in [0, 0.05) is 5.57 Å². The number of carbonyl (C=O) groups is 2. The molecule has 1 amide bonds. The van der Waals surface area contributed by atoms with Crippen LogP contribution < -0.4 is 10.1 Å². The first-order chi connectivity index (χ1) is 14.3. The van der Waals surface area contributed by atoms with Gasteiger partial charge in [-0.15, -0.1) is 0 Å². The summed E-state index contributed by atoms with van der Waals surface area (Å²) in [6, 6.07) is 6.95. The van der Waals surface area contributed by atoms with Crippen LogP contribution in [0.5, 0.6) is 5.75 Å². The Balaban J connectivity index is 2.35. The highest BCUT2D eigenvalue weighted by Gasteiger charge is 2.22. The smallest absolute Gasteiger partial charge is 0.358 e. The highest BCUT2D eigenvalue weighted by molar-refractivity contribution is 7.19. The maximum atomic E-state index is 14.1. The number of halogens is 2. The van der Waals surface area contributed by atoms with Crippen molar-refractivity contribution in [2.45, 2.75) is 13.8 Å². The van der Waals surface area contributed by atoms with E-state index in [0.717, 1.165) is 29.6 Å². The Morgan fingerprint density at radius 1 is 1.20 bits per heavy atom. The predicted molar refractivity (Wildman–Crippen MR) is 112 cm³/mol. The van der Waals surface area contributed by atoms with Crippen LogP contribution in [0.3, 0.4) is 0 Å². The van der Waals surface area contributed by atoms with Crippen LogP contribution in [0, 0.1) is 0 Å². The number of ether oxygens (including phenoxy) is 2. The molecule has 0 aliphatic carbocycles. The molecule has 0 unspecified atom stereocenters. The number of methoxy groups -OCH3 is 2. The Labute approximate surface area is 176 Å². The molecule has 0 aliphatic heterocycles. The van der Waals surface area contributed by atoms with Crippen LogP contribution in [0.4, 0.5) is 13.9 Å². The van der Waals surface area contributed by atoms with Crippen LogP contribution in [0.25, 0.3) is 10.4 Å². The van der Waals surface area contributed by atoms with E-state index >= 15 is 0 Å². The summed E-state index contributed by atoms with van der Waals surface area (Å²) in [5.41, 5.74) is 0.424. The van der Waals surface area contributed by atoms with Crippen molar-refractivity contribution in [1.29, 1.82) is 0 Å². The third-order valence-electron chi connectivity index (χ3n) is 3.83. The van der Waals surface area contributed by atoms with Crippen molar-refractivity contribution in [2.24, 2.45) is 0 Å². The minimum Gasteiger partial charge on any atom is -0.497 e. The lowest BCUT2D eigenvalue weighted by molar-refractivity contribution is -0.112. The zero-order valence-corrected chi connectivity index (χ0v) is 17.6. The number of allylic oxidation sites excluding steroid dienone is 5. The molecule has 0 bridgehead atoms. The van der Waals surface area contributed by atoms with E-state index in [-0.39, 0.29) is 16.4 Å². The number of hydrogen-bond donors (Lipinski definition) is 1. The van der Waals surface area contributed by atoms with Gasteiger partial charge in [-0.05, 0) is 43.7 Å². The van der Waals surface area contributed by atoms with Crippen LogP contribution in [-0.4, -0.2) is 31.1 Å². The van der Waals surface area contributed by atoms with E-state index in [2.05, 4.69) is 10.3 Å². The maximum absolute atomic E-state index is 14.1. The van der Waals surface area contributed by atoms with Crippen molar-refractivity contribution in [2.75, 3.05) is 19.5 Å². The van der Waals surface area contributed by atoms with E-state index in [9.17, 15) is 18.4 Å². The minimum atomic E-state index is -0.831. The Bertz CT molecular complexity index is 1040. The molecule has 0 aliphatic rings. The van der Waals surface area contributed by atoms with Crippen LogP contribution in [-0.2, 0) is 9.53 Å². The van der Waals surface area contributed by atoms with Crippen molar-refractivity contribution in [3.63, 3.8) is 0 Å². The van der Waals surface area contributed by atoms with Gasteiger partial charge >= 0.3 is 5.97 Å². The summed E-state index contributed by atoms with van der Waals surface area (Å²) in [5.74, 6) is -2.18. The first-order valence-corrected chi connectivity index (χ1v) is 9.50. The van der Waals surface area contributed by atoms with Gasteiger partial charge in [-0.2, -0.15) is 0 Å². The molecule has 1 aromatic carbocycles. The van der Waals surface area contributed by atoms with Crippen LogP contribution >= 0.6 is 11.3 Å². The van der Waals surface area contributed by atoms with Crippen molar-refractivity contribution in [1.82, 2.24) is 4.98 Å². The Hall–Kier alpha value is -3.33. The Morgan fingerprint density at radius 2 is 1.93 bits per heavy atom. The third-order valence-corrected chi connectivity index (χ3v) is 4.85. The summed E-state index contributed by atoms with van der Waals surface area (Å²) in [4.78, 5) is 29.1. The minimum absolute atomic E-state index is 0.0108. The van der Waals surface area contributed by atoms with Gasteiger partial charge in [0.25, 0.3) is 5.91 Å². The SMILES string of the molecule is COC(=O)c1nc(NC(=O)/C(C)=C(F)/C=C\C=C(/C)F)sc1-c1cccc(OC)c1. The molecule has 1 aromatic heterocycles. The van der Waals surface area contributed by atoms with E-state index in [1.54, 1.807) is 24.3 Å². The number of rotatable bonds is 7. The molecule has 1 N–H and O–H groups in total. The summed E-state index contributed by atoms with van der Waals surface area (Å²) in [6.45, 7) is 2.49. The fourth-order valence-electron chi connectivity index (χ4n) is 2.26. The summed E-state index contributed by atoms with van der Waals surface area (Å²) in [7, 11) is 2.74. The molecule has 1 heterocycles. The average molecular weight is 434 g/mol. The molecule has 0 radical (unpaired) electrons. The van der Waals surface area contributed by atoms with Crippen molar-refractivity contribution >= 4 is 28.3 Å². The van der Waals surface area contributed by atoms with Crippen molar-refractivity contribution in [3.05, 3.63) is 65.4 Å². The Kier molecular flexibility index (Phi) is 7.99. The van der Waals surface area contributed by atoms with Gasteiger partial charge in [0.2, 0.25) is 0 Å². The lowest BCUT2D eigenvalue weighted by Crippen LogP contribution is -2.13. The summed E-state index contributed by atoms with van der Waals surface area (Å²) in [6.07, 6.45) is 3.19. The molecular formula is C21H20F2N2O4S. The summed E-state index contributed by atoms with van der Waals surface area (Å²) in [5, 5.41) is 2.56. The molecule has 0 fully saturated rings. The monoisotopic (exact) mass is 434 g/mol. The van der Waals surface area contributed by atoms with Gasteiger partial charge in [-0.1, -0.05) is 29.5 Å². The van der Waals surface area contributed by atoms with Crippen molar-refractivity contribution in [3.8, 4) is 16.2 Å². The number of nitrogens with one attached hydrogen (secondary N) is 1. The van der Waals surface area contributed by atoms with Gasteiger partial charge in [0.1, 0.15) is 11.6 Å². The highest BCUT2D eigenvalue weighted by atomic mass is 32.1.